The molecule has 3 heteroatoms. The van der Waals surface area contributed by atoms with Crippen LogP contribution in [-0.2, 0) is 6.54 Å². The fraction of sp³-hybridized carbons (Fsp3) is 0.500. The molecule has 1 aromatic rings. The minimum atomic E-state index is 0.403. The number of hydrogen-bond acceptors (Lipinski definition) is 2. The van der Waals surface area contributed by atoms with Gasteiger partial charge in [0.25, 0.3) is 0 Å². The quantitative estimate of drug-likeness (QED) is 0.759. The van der Waals surface area contributed by atoms with Crippen molar-refractivity contribution in [3.63, 3.8) is 0 Å². The lowest BCUT2D eigenvalue weighted by Gasteiger charge is -2.03. The molecule has 0 saturated carbocycles. The van der Waals surface area contributed by atoms with Crippen LogP contribution in [0.3, 0.4) is 0 Å². The first-order valence-corrected chi connectivity index (χ1v) is 4.63. The lowest BCUT2D eigenvalue weighted by Crippen LogP contribution is -2.17. The van der Waals surface area contributed by atoms with E-state index in [1.165, 1.54) is 0 Å². The van der Waals surface area contributed by atoms with E-state index >= 15 is 0 Å². The van der Waals surface area contributed by atoms with E-state index in [0.717, 1.165) is 12.2 Å². The van der Waals surface area contributed by atoms with Crippen LogP contribution in [0.4, 0.5) is 0 Å². The second-order valence-electron chi connectivity index (χ2n) is 3.04. The Morgan fingerprint density at radius 3 is 3.08 bits per heavy atom. The second kappa shape index (κ2) is 4.82. The molecule has 1 atom stereocenters. The van der Waals surface area contributed by atoms with E-state index < -0.39 is 0 Å². The minimum Gasteiger partial charge on any atom is -0.331 e. The van der Waals surface area contributed by atoms with Gasteiger partial charge < -0.3 is 9.88 Å². The lowest BCUT2D eigenvalue weighted by atomic mass is 10.3. The summed E-state index contributed by atoms with van der Waals surface area (Å²) in [6.45, 7) is 5.19. The van der Waals surface area contributed by atoms with Crippen molar-refractivity contribution in [3.8, 4) is 0 Å². The predicted octanol–water partition coefficient (Wildman–Crippen LogP) is 1.52. The maximum atomic E-state index is 4.09. The van der Waals surface area contributed by atoms with Crippen LogP contribution in [0.2, 0.25) is 0 Å². The number of rotatable bonds is 4. The summed E-state index contributed by atoms with van der Waals surface area (Å²) in [5.74, 6) is 0. The SMILES string of the molecule is CCn1cncc1/C=C/C(C)NC. The van der Waals surface area contributed by atoms with Gasteiger partial charge in [0.2, 0.25) is 0 Å². The van der Waals surface area contributed by atoms with Gasteiger partial charge in [0.05, 0.1) is 18.2 Å². The van der Waals surface area contributed by atoms with Crippen LogP contribution < -0.4 is 5.32 Å². The molecule has 13 heavy (non-hydrogen) atoms. The molecule has 0 aliphatic carbocycles. The molecule has 0 fully saturated rings. The minimum absolute atomic E-state index is 0.403. The van der Waals surface area contributed by atoms with Crippen molar-refractivity contribution in [2.75, 3.05) is 7.05 Å². The maximum Gasteiger partial charge on any atom is 0.0950 e. The van der Waals surface area contributed by atoms with Gasteiger partial charge >= 0.3 is 0 Å². The Kier molecular flexibility index (Phi) is 3.71. The van der Waals surface area contributed by atoms with Gasteiger partial charge in [-0.15, -0.1) is 0 Å². The zero-order valence-corrected chi connectivity index (χ0v) is 8.49. The summed E-state index contributed by atoms with van der Waals surface area (Å²) < 4.78 is 2.11. The fourth-order valence-corrected chi connectivity index (χ4v) is 1.07. The molecule has 0 radical (unpaired) electrons. The molecule has 72 valence electrons. The van der Waals surface area contributed by atoms with E-state index in [2.05, 4.69) is 40.9 Å². The lowest BCUT2D eigenvalue weighted by molar-refractivity contribution is 0.728. The summed E-state index contributed by atoms with van der Waals surface area (Å²) in [5.41, 5.74) is 1.16. The third kappa shape index (κ3) is 2.70. The molecule has 1 rings (SSSR count). The zero-order valence-electron chi connectivity index (χ0n) is 8.49. The Labute approximate surface area is 79.5 Å². The third-order valence-electron chi connectivity index (χ3n) is 2.10. The zero-order chi connectivity index (χ0) is 9.68. The highest BCUT2D eigenvalue weighted by molar-refractivity contribution is 5.44. The molecule has 3 nitrogen and oxygen atoms in total. The highest BCUT2D eigenvalue weighted by Crippen LogP contribution is 2.02. The molecule has 0 aliphatic rings. The summed E-state index contributed by atoms with van der Waals surface area (Å²) >= 11 is 0. The number of hydrogen-bond donors (Lipinski definition) is 1. The van der Waals surface area contributed by atoms with Crippen molar-refractivity contribution in [1.29, 1.82) is 0 Å². The highest BCUT2D eigenvalue weighted by Gasteiger charge is 1.95. The Balaban J connectivity index is 2.67. The van der Waals surface area contributed by atoms with Crippen molar-refractivity contribution >= 4 is 6.08 Å². The van der Waals surface area contributed by atoms with Crippen molar-refractivity contribution in [3.05, 3.63) is 24.3 Å². The van der Waals surface area contributed by atoms with Crippen LogP contribution in [0.1, 0.15) is 19.5 Å². The van der Waals surface area contributed by atoms with E-state index in [4.69, 9.17) is 0 Å². The molecule has 0 aliphatic heterocycles. The van der Waals surface area contributed by atoms with Crippen LogP contribution in [0.5, 0.6) is 0 Å². The standard InChI is InChI=1S/C10H17N3/c1-4-13-8-12-7-10(13)6-5-9(2)11-3/h5-9,11H,4H2,1-3H3/b6-5+. The predicted molar refractivity (Wildman–Crippen MR) is 55.5 cm³/mol. The van der Waals surface area contributed by atoms with E-state index in [9.17, 15) is 0 Å². The van der Waals surface area contributed by atoms with E-state index in [-0.39, 0.29) is 0 Å². The molecule has 0 bridgehead atoms. The molecule has 1 unspecified atom stereocenters. The van der Waals surface area contributed by atoms with E-state index in [1.54, 1.807) is 0 Å². The number of nitrogens with zero attached hydrogens (tertiary/aromatic N) is 2. The van der Waals surface area contributed by atoms with E-state index in [0.29, 0.717) is 6.04 Å². The van der Waals surface area contributed by atoms with Crippen LogP contribution in [0.15, 0.2) is 18.6 Å². The summed E-state index contributed by atoms with van der Waals surface area (Å²) in [5, 5.41) is 3.15. The van der Waals surface area contributed by atoms with Gasteiger partial charge in [-0.2, -0.15) is 0 Å². The Hall–Kier alpha value is -1.09. The summed E-state index contributed by atoms with van der Waals surface area (Å²) in [4.78, 5) is 4.09. The van der Waals surface area contributed by atoms with Crippen molar-refractivity contribution in [2.24, 2.45) is 0 Å². The maximum absolute atomic E-state index is 4.09. The third-order valence-corrected chi connectivity index (χ3v) is 2.10. The Bertz CT molecular complexity index is 275. The number of imidazole rings is 1. The molecule has 1 aromatic heterocycles. The molecular weight excluding hydrogens is 162 g/mol. The first-order valence-electron chi connectivity index (χ1n) is 4.63. The monoisotopic (exact) mass is 179 g/mol. The summed E-state index contributed by atoms with van der Waals surface area (Å²) in [6.07, 6.45) is 7.95. The smallest absolute Gasteiger partial charge is 0.0950 e. The van der Waals surface area contributed by atoms with Gasteiger partial charge in [-0.25, -0.2) is 4.98 Å². The summed E-state index contributed by atoms with van der Waals surface area (Å²) in [6, 6.07) is 0.403. The van der Waals surface area contributed by atoms with Gasteiger partial charge in [0.1, 0.15) is 0 Å². The topological polar surface area (TPSA) is 29.9 Å². The van der Waals surface area contributed by atoms with Gasteiger partial charge in [0.15, 0.2) is 0 Å². The number of nitrogens with one attached hydrogen (secondary N) is 1. The second-order valence-corrected chi connectivity index (χ2v) is 3.04. The average molecular weight is 179 g/mol. The molecular formula is C10H17N3. The van der Waals surface area contributed by atoms with Crippen molar-refractivity contribution in [1.82, 2.24) is 14.9 Å². The molecule has 0 aromatic carbocycles. The molecule has 0 amide bonds. The number of likely N-dealkylation sites (N-methyl/N-ethyl adjacent to an activating group) is 1. The fourth-order valence-electron chi connectivity index (χ4n) is 1.07. The first-order chi connectivity index (χ1) is 6.27. The van der Waals surface area contributed by atoms with Crippen LogP contribution in [-0.4, -0.2) is 22.6 Å². The van der Waals surface area contributed by atoms with Gasteiger partial charge in [0, 0.05) is 12.6 Å². The number of aryl methyl sites for hydroxylation is 1. The highest BCUT2D eigenvalue weighted by atomic mass is 15.0. The van der Waals surface area contributed by atoms with Gasteiger partial charge in [-0.05, 0) is 27.0 Å². The van der Waals surface area contributed by atoms with Crippen LogP contribution in [0, 0.1) is 0 Å². The average Bonchev–Trinajstić information content (AvgIpc) is 2.61. The van der Waals surface area contributed by atoms with Gasteiger partial charge in [-0.1, -0.05) is 6.08 Å². The van der Waals surface area contributed by atoms with Crippen molar-refractivity contribution in [2.45, 2.75) is 26.4 Å². The van der Waals surface area contributed by atoms with Gasteiger partial charge in [-0.3, -0.25) is 0 Å². The Morgan fingerprint density at radius 2 is 2.46 bits per heavy atom. The largest absolute Gasteiger partial charge is 0.331 e. The molecule has 0 saturated heterocycles. The normalized spacial score (nSPS) is 13.8. The first kappa shape index (κ1) is 9.99. The van der Waals surface area contributed by atoms with E-state index in [1.807, 2.05) is 19.6 Å². The molecule has 0 spiro atoms. The number of aromatic nitrogens is 2. The van der Waals surface area contributed by atoms with Crippen molar-refractivity contribution < 1.29 is 0 Å². The van der Waals surface area contributed by atoms with Crippen LogP contribution in [0.25, 0.3) is 6.08 Å². The molecule has 1 heterocycles. The molecule has 1 N–H and O–H groups in total. The summed E-state index contributed by atoms with van der Waals surface area (Å²) in [7, 11) is 1.95. The van der Waals surface area contributed by atoms with Crippen LogP contribution >= 0.6 is 0 Å². The Morgan fingerprint density at radius 1 is 1.69 bits per heavy atom.